The standard InChI is InChI=1S/C15H29NO4/c1-6-12(4)8-15(11(3)13(5,7-2)16-12)19-10-14(18,9-17)20-15/h11,16-18H,6-10H2,1-5H3. The highest BCUT2D eigenvalue weighted by Crippen LogP contribution is 2.50. The van der Waals surface area contributed by atoms with E-state index in [1.54, 1.807) is 0 Å². The van der Waals surface area contributed by atoms with Gasteiger partial charge in [-0.15, -0.1) is 0 Å². The van der Waals surface area contributed by atoms with E-state index in [2.05, 4.69) is 39.9 Å². The van der Waals surface area contributed by atoms with Gasteiger partial charge in [-0.1, -0.05) is 20.8 Å². The lowest BCUT2D eigenvalue weighted by molar-refractivity contribution is -0.302. The summed E-state index contributed by atoms with van der Waals surface area (Å²) in [5.41, 5.74) is -0.248. The fraction of sp³-hybridized carbons (Fsp3) is 1.00. The number of aliphatic hydroxyl groups is 2. The molecule has 0 aliphatic carbocycles. The number of hydrogen-bond donors (Lipinski definition) is 3. The molecule has 0 aromatic heterocycles. The minimum atomic E-state index is -1.57. The first-order valence-corrected chi connectivity index (χ1v) is 7.63. The van der Waals surface area contributed by atoms with Crippen molar-refractivity contribution in [2.24, 2.45) is 5.92 Å². The van der Waals surface area contributed by atoms with Crippen LogP contribution in [0.15, 0.2) is 0 Å². The molecule has 2 fully saturated rings. The molecule has 0 amide bonds. The largest absolute Gasteiger partial charge is 0.391 e. The second-order valence-corrected chi connectivity index (χ2v) is 7.02. The van der Waals surface area contributed by atoms with Gasteiger partial charge in [-0.3, -0.25) is 0 Å². The summed E-state index contributed by atoms with van der Waals surface area (Å²) in [5, 5.41) is 23.3. The first kappa shape index (κ1) is 16.2. The number of piperidine rings is 1. The van der Waals surface area contributed by atoms with Gasteiger partial charge < -0.3 is 25.0 Å². The molecule has 1 spiro atoms. The molecule has 5 unspecified atom stereocenters. The minimum Gasteiger partial charge on any atom is -0.391 e. The first-order valence-electron chi connectivity index (χ1n) is 7.63. The van der Waals surface area contributed by atoms with Crippen molar-refractivity contribution in [3.63, 3.8) is 0 Å². The maximum absolute atomic E-state index is 10.2. The second kappa shape index (κ2) is 4.92. The van der Waals surface area contributed by atoms with E-state index < -0.39 is 18.2 Å². The SMILES string of the molecule is CCC1(C)CC2(OCC(O)(CO)O2)C(C)C(C)(CC)N1. The molecule has 3 N–H and O–H groups in total. The Hall–Kier alpha value is -0.200. The van der Waals surface area contributed by atoms with Crippen molar-refractivity contribution in [3.05, 3.63) is 0 Å². The topological polar surface area (TPSA) is 71.0 Å². The summed E-state index contributed by atoms with van der Waals surface area (Å²) in [6.07, 6.45) is 2.55. The van der Waals surface area contributed by atoms with Crippen LogP contribution in [0.5, 0.6) is 0 Å². The Balaban J connectivity index is 2.37. The van der Waals surface area contributed by atoms with Crippen molar-refractivity contribution in [1.29, 1.82) is 0 Å². The van der Waals surface area contributed by atoms with Crippen LogP contribution in [0.2, 0.25) is 0 Å². The van der Waals surface area contributed by atoms with Crippen LogP contribution in [-0.2, 0) is 9.47 Å². The first-order chi connectivity index (χ1) is 9.17. The van der Waals surface area contributed by atoms with Crippen LogP contribution in [0, 0.1) is 5.92 Å². The highest BCUT2D eigenvalue weighted by molar-refractivity contribution is 5.10. The third kappa shape index (κ3) is 2.40. The van der Waals surface area contributed by atoms with E-state index in [9.17, 15) is 10.2 Å². The Morgan fingerprint density at radius 2 is 1.90 bits per heavy atom. The monoisotopic (exact) mass is 287 g/mol. The molecule has 5 atom stereocenters. The van der Waals surface area contributed by atoms with Crippen LogP contribution in [0.25, 0.3) is 0 Å². The smallest absolute Gasteiger partial charge is 0.216 e. The van der Waals surface area contributed by atoms with E-state index in [0.717, 1.165) is 12.8 Å². The van der Waals surface area contributed by atoms with E-state index >= 15 is 0 Å². The van der Waals surface area contributed by atoms with Gasteiger partial charge in [0.1, 0.15) is 6.61 Å². The average molecular weight is 287 g/mol. The van der Waals surface area contributed by atoms with Gasteiger partial charge in [0.2, 0.25) is 5.79 Å². The van der Waals surface area contributed by atoms with Crippen LogP contribution in [0.1, 0.15) is 53.9 Å². The van der Waals surface area contributed by atoms with Crippen LogP contribution < -0.4 is 5.32 Å². The van der Waals surface area contributed by atoms with Gasteiger partial charge in [-0.05, 0) is 26.7 Å². The van der Waals surface area contributed by atoms with Crippen molar-refractivity contribution in [2.45, 2.75) is 76.5 Å². The Labute approximate surface area is 121 Å². The van der Waals surface area contributed by atoms with Gasteiger partial charge in [-0.25, -0.2) is 0 Å². The summed E-state index contributed by atoms with van der Waals surface area (Å²) in [6, 6.07) is 0. The molecule has 0 radical (unpaired) electrons. The average Bonchev–Trinajstić information content (AvgIpc) is 2.75. The summed E-state index contributed by atoms with van der Waals surface area (Å²) in [7, 11) is 0. The Kier molecular flexibility index (Phi) is 3.98. The lowest BCUT2D eigenvalue weighted by Gasteiger charge is -2.56. The molecular weight excluding hydrogens is 258 g/mol. The summed E-state index contributed by atoms with van der Waals surface area (Å²) < 4.78 is 11.8. The van der Waals surface area contributed by atoms with E-state index in [1.807, 2.05) is 0 Å². The molecular formula is C15H29NO4. The van der Waals surface area contributed by atoms with Crippen LogP contribution in [0.4, 0.5) is 0 Å². The summed E-state index contributed by atoms with van der Waals surface area (Å²) >= 11 is 0. The third-order valence-electron chi connectivity index (χ3n) is 5.51. The molecule has 5 nitrogen and oxygen atoms in total. The van der Waals surface area contributed by atoms with Crippen molar-refractivity contribution in [2.75, 3.05) is 13.2 Å². The summed E-state index contributed by atoms with van der Waals surface area (Å²) in [6.45, 7) is 10.3. The number of aliphatic hydroxyl groups excluding tert-OH is 1. The lowest BCUT2D eigenvalue weighted by atomic mass is 9.68. The number of hydrogen-bond acceptors (Lipinski definition) is 5. The number of rotatable bonds is 3. The molecule has 2 heterocycles. The molecule has 0 aromatic carbocycles. The fourth-order valence-corrected chi connectivity index (χ4v) is 3.63. The van der Waals surface area contributed by atoms with Gasteiger partial charge >= 0.3 is 0 Å². The Morgan fingerprint density at radius 1 is 1.25 bits per heavy atom. The molecule has 2 aliphatic heterocycles. The zero-order valence-electron chi connectivity index (χ0n) is 13.3. The van der Waals surface area contributed by atoms with Gasteiger partial charge in [0, 0.05) is 23.4 Å². The predicted octanol–water partition coefficient (Wildman–Crippen LogP) is 1.38. The highest BCUT2D eigenvalue weighted by atomic mass is 16.8. The Morgan fingerprint density at radius 3 is 2.35 bits per heavy atom. The van der Waals surface area contributed by atoms with E-state index in [-0.39, 0.29) is 23.6 Å². The van der Waals surface area contributed by atoms with Crippen molar-refractivity contribution < 1.29 is 19.7 Å². The molecule has 2 rings (SSSR count). The van der Waals surface area contributed by atoms with Crippen LogP contribution in [0.3, 0.4) is 0 Å². The Bertz CT molecular complexity index is 379. The normalized spacial score (nSPS) is 52.6. The van der Waals surface area contributed by atoms with Crippen molar-refractivity contribution in [3.8, 4) is 0 Å². The number of nitrogens with one attached hydrogen (secondary N) is 1. The van der Waals surface area contributed by atoms with E-state index in [1.165, 1.54) is 0 Å². The molecule has 20 heavy (non-hydrogen) atoms. The lowest BCUT2D eigenvalue weighted by Crippen LogP contribution is -2.70. The predicted molar refractivity (Wildman–Crippen MR) is 76.1 cm³/mol. The molecule has 0 aromatic rings. The molecule has 118 valence electrons. The third-order valence-corrected chi connectivity index (χ3v) is 5.51. The van der Waals surface area contributed by atoms with Gasteiger partial charge in [0.25, 0.3) is 0 Å². The molecule has 0 saturated carbocycles. The fourth-order valence-electron chi connectivity index (χ4n) is 3.63. The van der Waals surface area contributed by atoms with E-state index in [0.29, 0.717) is 6.42 Å². The molecule has 5 heteroatoms. The van der Waals surface area contributed by atoms with Gasteiger partial charge in [0.05, 0.1) is 6.61 Å². The van der Waals surface area contributed by atoms with Crippen LogP contribution in [-0.4, -0.2) is 46.1 Å². The quantitative estimate of drug-likeness (QED) is 0.731. The second-order valence-electron chi connectivity index (χ2n) is 7.02. The maximum atomic E-state index is 10.2. The minimum absolute atomic E-state index is 0.0213. The van der Waals surface area contributed by atoms with Crippen molar-refractivity contribution >= 4 is 0 Å². The number of ether oxygens (including phenoxy) is 2. The van der Waals surface area contributed by atoms with Gasteiger partial charge in [-0.2, -0.15) is 0 Å². The zero-order valence-corrected chi connectivity index (χ0v) is 13.3. The molecule has 2 aliphatic rings. The maximum Gasteiger partial charge on any atom is 0.216 e. The van der Waals surface area contributed by atoms with E-state index in [4.69, 9.17) is 9.47 Å². The van der Waals surface area contributed by atoms with Crippen LogP contribution >= 0.6 is 0 Å². The highest BCUT2D eigenvalue weighted by Gasteiger charge is 2.62. The summed E-state index contributed by atoms with van der Waals surface area (Å²) in [4.78, 5) is 0. The zero-order chi connectivity index (χ0) is 15.2. The molecule has 2 saturated heterocycles. The van der Waals surface area contributed by atoms with Crippen molar-refractivity contribution in [1.82, 2.24) is 5.32 Å². The van der Waals surface area contributed by atoms with Gasteiger partial charge in [0.15, 0.2) is 5.79 Å². The molecule has 0 bridgehead atoms. The summed E-state index contributed by atoms with van der Waals surface area (Å²) in [5.74, 6) is -2.34.